The molecule has 1 aliphatic heterocycles. The topological polar surface area (TPSA) is 32.7 Å². The van der Waals surface area contributed by atoms with Crippen LogP contribution in [-0.4, -0.2) is 41.3 Å². The number of hydrogen-bond acceptors (Lipinski definition) is 3. The van der Waals surface area contributed by atoms with E-state index in [0.29, 0.717) is 25.2 Å². The molecule has 0 bridgehead atoms. The Kier molecular flexibility index (Phi) is 5.87. The number of hydrogen-bond donors (Lipinski definition) is 1. The summed E-state index contributed by atoms with van der Waals surface area (Å²) in [5.41, 5.74) is 3.60. The van der Waals surface area contributed by atoms with E-state index in [0.717, 1.165) is 11.3 Å². The van der Waals surface area contributed by atoms with Crippen molar-refractivity contribution < 1.29 is 9.84 Å². The van der Waals surface area contributed by atoms with E-state index in [1.807, 2.05) is 0 Å². The molecule has 3 unspecified atom stereocenters. The fourth-order valence-corrected chi connectivity index (χ4v) is 3.47. The molecule has 1 N–H and O–H groups in total. The number of aryl methyl sites for hydroxylation is 2. The summed E-state index contributed by atoms with van der Waals surface area (Å²) in [6, 6.07) is 5.33. The van der Waals surface area contributed by atoms with Gasteiger partial charge in [-0.05, 0) is 70.2 Å². The van der Waals surface area contributed by atoms with E-state index in [1.165, 1.54) is 30.4 Å². The summed E-state index contributed by atoms with van der Waals surface area (Å²) < 4.78 is 5.90. The highest BCUT2D eigenvalue weighted by molar-refractivity contribution is 5.41. The summed E-state index contributed by atoms with van der Waals surface area (Å²) in [7, 11) is 0. The molecule has 3 heteroatoms. The zero-order valence-corrected chi connectivity index (χ0v) is 14.7. The van der Waals surface area contributed by atoms with Crippen LogP contribution in [0.1, 0.15) is 49.8 Å². The number of ether oxygens (including phenoxy) is 1. The molecule has 0 saturated carbocycles. The second-order valence-corrected chi connectivity index (χ2v) is 7.00. The zero-order chi connectivity index (χ0) is 16.3. The molecule has 0 spiro atoms. The summed E-state index contributed by atoms with van der Waals surface area (Å²) in [6.07, 6.45) is 3.32. The van der Waals surface area contributed by atoms with Crippen molar-refractivity contribution >= 4 is 0 Å². The first kappa shape index (κ1) is 17.3. The van der Waals surface area contributed by atoms with Gasteiger partial charge in [0.25, 0.3) is 0 Å². The van der Waals surface area contributed by atoms with Crippen LogP contribution in [-0.2, 0) is 0 Å². The number of β-amino-alcohol motifs (C(OH)–C–C–N with tert-alkyl or cyclic N) is 1. The Morgan fingerprint density at radius 3 is 2.45 bits per heavy atom. The molecule has 1 aromatic rings. The molecule has 1 fully saturated rings. The van der Waals surface area contributed by atoms with Gasteiger partial charge in [0.05, 0.1) is 0 Å². The lowest BCUT2D eigenvalue weighted by atomic mass is 9.97. The van der Waals surface area contributed by atoms with Crippen LogP contribution in [0.5, 0.6) is 5.75 Å². The Hall–Kier alpha value is -1.06. The van der Waals surface area contributed by atoms with Gasteiger partial charge in [0.2, 0.25) is 0 Å². The standard InChI is InChI=1S/C19H31NO2/c1-13-9-14(2)17(5)19(10-13)22-12-18(21)11-20-15(3)7-6-8-16(20)4/h9-10,15-16,18,21H,6-8,11-12H2,1-5H3. The molecule has 3 nitrogen and oxygen atoms in total. The minimum absolute atomic E-state index is 0.361. The van der Waals surface area contributed by atoms with E-state index in [-0.39, 0.29) is 0 Å². The van der Waals surface area contributed by atoms with Crippen LogP contribution in [0.4, 0.5) is 0 Å². The van der Waals surface area contributed by atoms with Crippen molar-refractivity contribution in [2.24, 2.45) is 0 Å². The molecule has 124 valence electrons. The third kappa shape index (κ3) is 4.23. The third-order valence-electron chi connectivity index (χ3n) is 4.99. The minimum atomic E-state index is -0.441. The van der Waals surface area contributed by atoms with Gasteiger partial charge < -0.3 is 9.84 Å². The van der Waals surface area contributed by atoms with Crippen molar-refractivity contribution in [1.29, 1.82) is 0 Å². The maximum Gasteiger partial charge on any atom is 0.122 e. The molecule has 0 amide bonds. The van der Waals surface area contributed by atoms with E-state index in [2.05, 4.69) is 51.7 Å². The highest BCUT2D eigenvalue weighted by Gasteiger charge is 2.26. The van der Waals surface area contributed by atoms with Gasteiger partial charge in [-0.3, -0.25) is 4.90 Å². The predicted octanol–water partition coefficient (Wildman–Crippen LogP) is 3.61. The van der Waals surface area contributed by atoms with Crippen molar-refractivity contribution in [2.45, 2.75) is 72.1 Å². The van der Waals surface area contributed by atoms with Crippen LogP contribution in [0.25, 0.3) is 0 Å². The van der Waals surface area contributed by atoms with Gasteiger partial charge >= 0.3 is 0 Å². The number of rotatable bonds is 5. The van der Waals surface area contributed by atoms with Gasteiger partial charge in [0, 0.05) is 18.6 Å². The molecular weight excluding hydrogens is 274 g/mol. The van der Waals surface area contributed by atoms with Crippen LogP contribution in [0.2, 0.25) is 0 Å². The number of aliphatic hydroxyl groups excluding tert-OH is 1. The first-order valence-electron chi connectivity index (χ1n) is 8.53. The Morgan fingerprint density at radius 2 is 1.82 bits per heavy atom. The fourth-order valence-electron chi connectivity index (χ4n) is 3.47. The maximum absolute atomic E-state index is 10.4. The third-order valence-corrected chi connectivity index (χ3v) is 4.99. The SMILES string of the molecule is Cc1cc(C)c(C)c(OCC(O)CN2C(C)CCCC2C)c1. The van der Waals surface area contributed by atoms with Crippen molar-refractivity contribution in [1.82, 2.24) is 4.90 Å². The largest absolute Gasteiger partial charge is 0.491 e. The lowest BCUT2D eigenvalue weighted by Crippen LogP contribution is -2.48. The average molecular weight is 305 g/mol. The van der Waals surface area contributed by atoms with E-state index in [9.17, 15) is 5.11 Å². The molecule has 1 saturated heterocycles. The smallest absolute Gasteiger partial charge is 0.122 e. The molecule has 1 heterocycles. The highest BCUT2D eigenvalue weighted by atomic mass is 16.5. The number of likely N-dealkylation sites (tertiary alicyclic amines) is 1. The molecule has 1 aromatic carbocycles. The van der Waals surface area contributed by atoms with Gasteiger partial charge in [-0.25, -0.2) is 0 Å². The summed E-state index contributed by atoms with van der Waals surface area (Å²) in [6.45, 7) is 11.8. The van der Waals surface area contributed by atoms with E-state index < -0.39 is 6.10 Å². The molecule has 22 heavy (non-hydrogen) atoms. The zero-order valence-electron chi connectivity index (χ0n) is 14.7. The van der Waals surface area contributed by atoms with Crippen LogP contribution in [0, 0.1) is 20.8 Å². The second kappa shape index (κ2) is 7.47. The number of benzene rings is 1. The Balaban J connectivity index is 1.91. The Labute approximate surface area is 135 Å². The first-order valence-corrected chi connectivity index (χ1v) is 8.53. The van der Waals surface area contributed by atoms with Crippen LogP contribution < -0.4 is 4.74 Å². The maximum atomic E-state index is 10.4. The van der Waals surface area contributed by atoms with Gasteiger partial charge in [-0.15, -0.1) is 0 Å². The van der Waals surface area contributed by atoms with E-state index in [4.69, 9.17) is 4.74 Å². The van der Waals surface area contributed by atoms with Crippen molar-refractivity contribution in [3.05, 3.63) is 28.8 Å². The number of nitrogens with zero attached hydrogens (tertiary/aromatic N) is 1. The first-order chi connectivity index (χ1) is 10.4. The lowest BCUT2D eigenvalue weighted by molar-refractivity contribution is 0.0207. The average Bonchev–Trinajstić information content (AvgIpc) is 2.45. The normalized spacial score (nSPS) is 24.3. The molecule has 3 atom stereocenters. The van der Waals surface area contributed by atoms with Gasteiger partial charge in [0.1, 0.15) is 18.5 Å². The number of aliphatic hydroxyl groups is 1. The molecule has 0 aromatic heterocycles. The predicted molar refractivity (Wildman–Crippen MR) is 91.6 cm³/mol. The minimum Gasteiger partial charge on any atom is -0.491 e. The monoisotopic (exact) mass is 305 g/mol. The summed E-state index contributed by atoms with van der Waals surface area (Å²) in [5, 5.41) is 10.4. The summed E-state index contributed by atoms with van der Waals surface area (Å²) >= 11 is 0. The van der Waals surface area contributed by atoms with Gasteiger partial charge in [-0.1, -0.05) is 12.5 Å². The second-order valence-electron chi connectivity index (χ2n) is 7.00. The molecule has 0 radical (unpaired) electrons. The van der Waals surface area contributed by atoms with Crippen LogP contribution in [0.3, 0.4) is 0 Å². The Bertz CT molecular complexity index is 490. The quantitative estimate of drug-likeness (QED) is 0.902. The van der Waals surface area contributed by atoms with Gasteiger partial charge in [-0.2, -0.15) is 0 Å². The van der Waals surface area contributed by atoms with E-state index >= 15 is 0 Å². The van der Waals surface area contributed by atoms with Crippen LogP contribution >= 0.6 is 0 Å². The highest BCUT2D eigenvalue weighted by Crippen LogP contribution is 2.25. The summed E-state index contributed by atoms with van der Waals surface area (Å²) in [5.74, 6) is 0.899. The number of piperidine rings is 1. The molecule has 0 aliphatic carbocycles. The molecule has 2 rings (SSSR count). The van der Waals surface area contributed by atoms with Crippen LogP contribution in [0.15, 0.2) is 12.1 Å². The van der Waals surface area contributed by atoms with E-state index in [1.54, 1.807) is 0 Å². The lowest BCUT2D eigenvalue weighted by Gasteiger charge is -2.40. The van der Waals surface area contributed by atoms with Gasteiger partial charge in [0.15, 0.2) is 0 Å². The molecular formula is C19H31NO2. The molecule has 1 aliphatic rings. The van der Waals surface area contributed by atoms with Crippen molar-refractivity contribution in [3.63, 3.8) is 0 Å². The van der Waals surface area contributed by atoms with Crippen molar-refractivity contribution in [2.75, 3.05) is 13.2 Å². The summed E-state index contributed by atoms with van der Waals surface area (Å²) in [4.78, 5) is 2.42. The Morgan fingerprint density at radius 1 is 1.18 bits per heavy atom. The fraction of sp³-hybridized carbons (Fsp3) is 0.684. The van der Waals surface area contributed by atoms with Crippen molar-refractivity contribution in [3.8, 4) is 5.75 Å².